The second-order valence-electron chi connectivity index (χ2n) is 5.03. The first kappa shape index (κ1) is 15.0. The molecule has 20 heavy (non-hydrogen) atoms. The number of nitrogens with zero attached hydrogens (tertiary/aromatic N) is 1. The van der Waals surface area contributed by atoms with Crippen molar-refractivity contribution >= 4 is 29.0 Å². The number of fused-ring (bicyclic) bond motifs is 1. The number of carbonyl (C=O) groups excluding carboxylic acids is 2. The Morgan fingerprint density at radius 2 is 1.85 bits per heavy atom. The summed E-state index contributed by atoms with van der Waals surface area (Å²) in [6.45, 7) is 2.08. The molecule has 0 aliphatic carbocycles. The Morgan fingerprint density at radius 3 is 2.55 bits per heavy atom. The molecular formula is C15H17ClFNO2. The molecule has 1 amide bonds. The third-order valence-corrected chi connectivity index (χ3v) is 3.69. The fourth-order valence-corrected chi connectivity index (χ4v) is 2.64. The van der Waals surface area contributed by atoms with Crippen LogP contribution in [0.3, 0.4) is 0 Å². The number of amides is 1. The van der Waals surface area contributed by atoms with Gasteiger partial charge in [0.2, 0.25) is 0 Å². The van der Waals surface area contributed by atoms with Crippen LogP contribution in [0.4, 0.5) is 10.1 Å². The van der Waals surface area contributed by atoms with Crippen LogP contribution in [0.15, 0.2) is 12.1 Å². The normalized spacial score (nSPS) is 14.1. The quantitative estimate of drug-likeness (QED) is 0.458. The Balaban J connectivity index is 2.12. The van der Waals surface area contributed by atoms with Crippen molar-refractivity contribution in [1.82, 2.24) is 0 Å². The molecule has 0 saturated heterocycles. The number of unbranched alkanes of at least 4 members (excludes halogenated alkanes) is 3. The number of aryl methyl sites for hydroxylation is 1. The summed E-state index contributed by atoms with van der Waals surface area (Å²) in [7, 11) is 0. The maximum absolute atomic E-state index is 14.0. The molecule has 0 bridgehead atoms. The van der Waals surface area contributed by atoms with Gasteiger partial charge in [0.25, 0.3) is 11.7 Å². The van der Waals surface area contributed by atoms with Crippen molar-refractivity contribution in [2.45, 2.75) is 32.6 Å². The standard InChI is InChI=1S/C15H17ClFNO2/c1-10-8-11-13(12(17)9-10)18(15(20)14(11)19)7-5-3-2-4-6-16/h8-9H,2-7H2,1H3. The van der Waals surface area contributed by atoms with Crippen molar-refractivity contribution < 1.29 is 14.0 Å². The summed E-state index contributed by atoms with van der Waals surface area (Å²) in [5.74, 6) is -1.11. The van der Waals surface area contributed by atoms with Crippen LogP contribution >= 0.6 is 11.6 Å². The first-order valence-electron chi connectivity index (χ1n) is 6.78. The number of hydrogen-bond acceptors (Lipinski definition) is 2. The van der Waals surface area contributed by atoms with Crippen LogP contribution in [0.1, 0.15) is 41.6 Å². The van der Waals surface area contributed by atoms with Gasteiger partial charge >= 0.3 is 0 Å². The molecule has 0 aromatic heterocycles. The predicted octanol–water partition coefficient (Wildman–Crippen LogP) is 3.46. The van der Waals surface area contributed by atoms with Crippen molar-refractivity contribution in [1.29, 1.82) is 0 Å². The average Bonchev–Trinajstić information content (AvgIpc) is 2.64. The molecule has 1 aliphatic rings. The predicted molar refractivity (Wildman–Crippen MR) is 77.0 cm³/mol. The van der Waals surface area contributed by atoms with Gasteiger partial charge in [-0.2, -0.15) is 0 Å². The van der Waals surface area contributed by atoms with Gasteiger partial charge in [0, 0.05) is 12.4 Å². The fourth-order valence-electron chi connectivity index (χ4n) is 2.45. The third-order valence-electron chi connectivity index (χ3n) is 3.43. The average molecular weight is 298 g/mol. The monoisotopic (exact) mass is 297 g/mol. The molecule has 0 fully saturated rings. The molecule has 1 aromatic rings. The van der Waals surface area contributed by atoms with E-state index < -0.39 is 17.5 Å². The van der Waals surface area contributed by atoms with Crippen LogP contribution in [0.25, 0.3) is 0 Å². The van der Waals surface area contributed by atoms with Crippen molar-refractivity contribution in [2.75, 3.05) is 17.3 Å². The number of halogens is 2. The number of carbonyl (C=O) groups is 2. The van der Waals surface area contributed by atoms with Gasteiger partial charge in [-0.3, -0.25) is 9.59 Å². The minimum Gasteiger partial charge on any atom is -0.302 e. The van der Waals surface area contributed by atoms with Gasteiger partial charge in [0.1, 0.15) is 5.82 Å². The molecule has 0 saturated carbocycles. The SMILES string of the molecule is Cc1cc(F)c2c(c1)C(=O)C(=O)N2CCCCCCCl. The Labute approximate surface area is 122 Å². The van der Waals surface area contributed by atoms with E-state index in [-0.39, 0.29) is 11.3 Å². The lowest BCUT2D eigenvalue weighted by molar-refractivity contribution is -0.114. The van der Waals surface area contributed by atoms with Crippen LogP contribution in [0.5, 0.6) is 0 Å². The zero-order valence-electron chi connectivity index (χ0n) is 11.4. The Morgan fingerprint density at radius 1 is 1.15 bits per heavy atom. The van der Waals surface area contributed by atoms with Crippen molar-refractivity contribution in [2.24, 2.45) is 0 Å². The van der Waals surface area contributed by atoms with Crippen molar-refractivity contribution in [3.63, 3.8) is 0 Å². The van der Waals surface area contributed by atoms with Crippen LogP contribution in [0.2, 0.25) is 0 Å². The zero-order chi connectivity index (χ0) is 14.7. The number of alkyl halides is 1. The summed E-state index contributed by atoms with van der Waals surface area (Å²) in [6.07, 6.45) is 3.55. The Kier molecular flexibility index (Phi) is 4.76. The lowest BCUT2D eigenvalue weighted by Gasteiger charge is -2.17. The Hall–Kier alpha value is -1.42. The molecule has 0 spiro atoms. The van der Waals surface area contributed by atoms with Gasteiger partial charge in [0.15, 0.2) is 0 Å². The molecule has 1 aromatic carbocycles. The molecular weight excluding hydrogens is 281 g/mol. The number of benzene rings is 1. The number of Topliss-reactive ketones (excluding diaryl/α,β-unsaturated/α-hetero) is 1. The number of ketones is 1. The molecule has 1 heterocycles. The van der Waals surface area contributed by atoms with Crippen LogP contribution in [0, 0.1) is 12.7 Å². The summed E-state index contributed by atoms with van der Waals surface area (Å²) in [5.41, 5.74) is 0.975. The van der Waals surface area contributed by atoms with E-state index in [4.69, 9.17) is 11.6 Å². The van der Waals surface area contributed by atoms with Gasteiger partial charge < -0.3 is 4.90 Å². The fraction of sp³-hybridized carbons (Fsp3) is 0.467. The smallest absolute Gasteiger partial charge is 0.299 e. The third kappa shape index (κ3) is 2.85. The minimum absolute atomic E-state index is 0.142. The van der Waals surface area contributed by atoms with E-state index in [1.165, 1.54) is 11.0 Å². The van der Waals surface area contributed by atoms with Gasteiger partial charge in [0.05, 0.1) is 11.3 Å². The van der Waals surface area contributed by atoms with E-state index in [0.717, 1.165) is 25.7 Å². The first-order chi connectivity index (χ1) is 9.56. The topological polar surface area (TPSA) is 37.4 Å². The summed E-state index contributed by atoms with van der Waals surface area (Å²) >= 11 is 5.59. The lowest BCUT2D eigenvalue weighted by Crippen LogP contribution is -2.31. The van der Waals surface area contributed by atoms with E-state index in [2.05, 4.69) is 0 Å². The molecule has 0 unspecified atom stereocenters. The maximum atomic E-state index is 14.0. The number of anilines is 1. The van der Waals surface area contributed by atoms with Crippen LogP contribution in [-0.2, 0) is 4.79 Å². The highest BCUT2D eigenvalue weighted by molar-refractivity contribution is 6.52. The zero-order valence-corrected chi connectivity index (χ0v) is 12.2. The number of rotatable bonds is 6. The summed E-state index contributed by atoms with van der Waals surface area (Å²) in [5, 5.41) is 0. The molecule has 108 valence electrons. The van der Waals surface area contributed by atoms with Crippen molar-refractivity contribution in [3.05, 3.63) is 29.1 Å². The molecule has 0 N–H and O–H groups in total. The summed E-state index contributed by atoms with van der Waals surface area (Å²) < 4.78 is 14.0. The van der Waals surface area contributed by atoms with Gasteiger partial charge in [-0.1, -0.05) is 12.8 Å². The van der Waals surface area contributed by atoms with Gasteiger partial charge in [-0.05, 0) is 37.5 Å². The van der Waals surface area contributed by atoms with Crippen LogP contribution in [-0.4, -0.2) is 24.1 Å². The molecule has 0 atom stereocenters. The largest absolute Gasteiger partial charge is 0.302 e. The molecule has 3 nitrogen and oxygen atoms in total. The highest BCUT2D eigenvalue weighted by Crippen LogP contribution is 2.33. The van der Waals surface area contributed by atoms with E-state index in [9.17, 15) is 14.0 Å². The van der Waals surface area contributed by atoms with E-state index in [1.54, 1.807) is 13.0 Å². The maximum Gasteiger partial charge on any atom is 0.299 e. The van der Waals surface area contributed by atoms with E-state index in [0.29, 0.717) is 18.0 Å². The highest BCUT2D eigenvalue weighted by Gasteiger charge is 2.37. The number of hydrogen-bond donors (Lipinski definition) is 0. The molecule has 2 rings (SSSR count). The summed E-state index contributed by atoms with van der Waals surface area (Å²) in [4.78, 5) is 25.1. The van der Waals surface area contributed by atoms with E-state index >= 15 is 0 Å². The summed E-state index contributed by atoms with van der Waals surface area (Å²) in [6, 6.07) is 2.93. The molecule has 5 heteroatoms. The highest BCUT2D eigenvalue weighted by atomic mass is 35.5. The van der Waals surface area contributed by atoms with Crippen LogP contribution < -0.4 is 4.90 Å². The molecule has 1 aliphatic heterocycles. The molecule has 0 radical (unpaired) electrons. The first-order valence-corrected chi connectivity index (χ1v) is 7.32. The second kappa shape index (κ2) is 6.35. The second-order valence-corrected chi connectivity index (χ2v) is 5.41. The van der Waals surface area contributed by atoms with Gasteiger partial charge in [-0.15, -0.1) is 11.6 Å². The van der Waals surface area contributed by atoms with Gasteiger partial charge in [-0.25, -0.2) is 4.39 Å². The minimum atomic E-state index is -0.623. The van der Waals surface area contributed by atoms with E-state index in [1.807, 2.05) is 0 Å². The van der Waals surface area contributed by atoms with Crippen molar-refractivity contribution in [3.8, 4) is 0 Å². The lowest BCUT2D eigenvalue weighted by atomic mass is 10.1. The Bertz CT molecular complexity index is 545.